The average Bonchev–Trinajstić information content (AvgIpc) is 3.28. The molecule has 128 valence electrons. The fourth-order valence-corrected chi connectivity index (χ4v) is 3.17. The minimum absolute atomic E-state index is 0.206. The number of rotatable bonds is 4. The highest BCUT2D eigenvalue weighted by molar-refractivity contribution is 5.76. The molecule has 1 unspecified atom stereocenters. The number of likely N-dealkylation sites (tertiary alicyclic amines) is 1. The first kappa shape index (κ1) is 15.6. The van der Waals surface area contributed by atoms with Crippen LogP contribution in [-0.4, -0.2) is 49.7 Å². The Kier molecular flexibility index (Phi) is 4.05. The number of nitrogens with zero attached hydrogens (tertiary/aromatic N) is 5. The molecule has 1 fully saturated rings. The smallest absolute Gasteiger partial charge is 0.222 e. The maximum absolute atomic E-state index is 11.8. The molecule has 7 heteroatoms. The van der Waals surface area contributed by atoms with Crippen LogP contribution in [0.15, 0.2) is 42.5 Å². The van der Waals surface area contributed by atoms with Crippen LogP contribution < -0.4 is 5.32 Å². The Hall–Kier alpha value is -2.96. The zero-order valence-corrected chi connectivity index (χ0v) is 14.1. The van der Waals surface area contributed by atoms with Gasteiger partial charge < -0.3 is 10.2 Å². The maximum atomic E-state index is 11.8. The van der Waals surface area contributed by atoms with Gasteiger partial charge in [-0.15, -0.1) is 15.3 Å². The van der Waals surface area contributed by atoms with E-state index < -0.39 is 0 Å². The summed E-state index contributed by atoms with van der Waals surface area (Å²) in [6.45, 7) is 3.42. The van der Waals surface area contributed by atoms with Crippen molar-refractivity contribution in [1.82, 2.24) is 24.7 Å². The van der Waals surface area contributed by atoms with E-state index in [0.29, 0.717) is 17.9 Å². The lowest BCUT2D eigenvalue weighted by Crippen LogP contribution is -2.31. The Morgan fingerprint density at radius 1 is 1.20 bits per heavy atom. The summed E-state index contributed by atoms with van der Waals surface area (Å²) in [6, 6.07) is 13.9. The Labute approximate surface area is 145 Å². The minimum atomic E-state index is 0.206. The first-order valence-corrected chi connectivity index (χ1v) is 8.57. The second-order valence-electron chi connectivity index (χ2n) is 6.20. The van der Waals surface area contributed by atoms with Gasteiger partial charge in [-0.25, -0.2) is 0 Å². The molecule has 0 radical (unpaired) electrons. The van der Waals surface area contributed by atoms with Crippen LogP contribution in [0.1, 0.15) is 19.8 Å². The fourth-order valence-electron chi connectivity index (χ4n) is 3.17. The van der Waals surface area contributed by atoms with Crippen LogP contribution >= 0.6 is 0 Å². The second-order valence-corrected chi connectivity index (χ2v) is 6.20. The SMILES string of the molecule is CCC(=O)N1CCC(Nc2ccc3nnc(-c4ccccc4)n3n2)C1. The van der Waals surface area contributed by atoms with Gasteiger partial charge in [-0.3, -0.25) is 4.79 Å². The lowest BCUT2D eigenvalue weighted by Gasteiger charge is -2.16. The van der Waals surface area contributed by atoms with Gasteiger partial charge >= 0.3 is 0 Å². The number of nitrogens with one attached hydrogen (secondary N) is 1. The lowest BCUT2D eigenvalue weighted by atomic mass is 10.2. The highest BCUT2D eigenvalue weighted by Gasteiger charge is 2.25. The molecule has 3 aromatic rings. The van der Waals surface area contributed by atoms with Gasteiger partial charge in [-0.2, -0.15) is 4.52 Å². The fraction of sp³-hybridized carbons (Fsp3) is 0.333. The molecule has 0 aliphatic carbocycles. The van der Waals surface area contributed by atoms with E-state index in [4.69, 9.17) is 0 Å². The number of amides is 1. The largest absolute Gasteiger partial charge is 0.364 e. The Morgan fingerprint density at radius 2 is 2.04 bits per heavy atom. The normalized spacial score (nSPS) is 17.2. The first-order valence-electron chi connectivity index (χ1n) is 8.57. The summed E-state index contributed by atoms with van der Waals surface area (Å²) in [5.41, 5.74) is 1.68. The van der Waals surface area contributed by atoms with Crippen molar-refractivity contribution in [2.45, 2.75) is 25.8 Å². The highest BCUT2D eigenvalue weighted by Crippen LogP contribution is 2.19. The van der Waals surface area contributed by atoms with Crippen LogP contribution in [0, 0.1) is 0 Å². The zero-order valence-electron chi connectivity index (χ0n) is 14.1. The predicted octanol–water partition coefficient (Wildman–Crippen LogP) is 2.21. The van der Waals surface area contributed by atoms with Gasteiger partial charge in [0.25, 0.3) is 0 Å². The second kappa shape index (κ2) is 6.51. The number of hydrogen-bond acceptors (Lipinski definition) is 5. The molecule has 1 atom stereocenters. The van der Waals surface area contributed by atoms with Gasteiger partial charge in [-0.1, -0.05) is 37.3 Å². The molecule has 1 N–H and O–H groups in total. The summed E-state index contributed by atoms with van der Waals surface area (Å²) in [5, 5.41) is 16.5. The van der Waals surface area contributed by atoms with E-state index in [1.807, 2.05) is 54.3 Å². The molecule has 1 aliphatic heterocycles. The van der Waals surface area contributed by atoms with Crippen molar-refractivity contribution in [2.75, 3.05) is 18.4 Å². The summed E-state index contributed by atoms with van der Waals surface area (Å²) in [4.78, 5) is 13.7. The number of carbonyl (C=O) groups excluding carboxylic acids is 1. The van der Waals surface area contributed by atoms with E-state index in [-0.39, 0.29) is 11.9 Å². The number of hydrogen-bond donors (Lipinski definition) is 1. The van der Waals surface area contributed by atoms with E-state index in [1.165, 1.54) is 0 Å². The molecule has 1 aromatic carbocycles. The number of fused-ring (bicyclic) bond motifs is 1. The molecule has 1 aliphatic rings. The van der Waals surface area contributed by atoms with Crippen molar-refractivity contribution >= 4 is 17.4 Å². The van der Waals surface area contributed by atoms with E-state index in [0.717, 1.165) is 30.9 Å². The van der Waals surface area contributed by atoms with Crippen molar-refractivity contribution in [3.05, 3.63) is 42.5 Å². The van der Waals surface area contributed by atoms with Crippen LogP contribution in [-0.2, 0) is 4.79 Å². The number of aromatic nitrogens is 4. The van der Waals surface area contributed by atoms with Crippen molar-refractivity contribution < 1.29 is 4.79 Å². The minimum Gasteiger partial charge on any atom is -0.364 e. The van der Waals surface area contributed by atoms with Crippen LogP contribution in [0.3, 0.4) is 0 Å². The molecule has 1 amide bonds. The third-order valence-corrected chi connectivity index (χ3v) is 4.49. The molecular formula is C18H20N6O. The summed E-state index contributed by atoms with van der Waals surface area (Å²) in [6.07, 6.45) is 1.48. The third kappa shape index (κ3) is 3.05. The zero-order chi connectivity index (χ0) is 17.2. The monoisotopic (exact) mass is 336 g/mol. The van der Waals surface area contributed by atoms with E-state index in [9.17, 15) is 4.79 Å². The molecule has 1 saturated heterocycles. The third-order valence-electron chi connectivity index (χ3n) is 4.49. The predicted molar refractivity (Wildman–Crippen MR) is 95.1 cm³/mol. The topological polar surface area (TPSA) is 75.4 Å². The molecule has 25 heavy (non-hydrogen) atoms. The molecule has 0 spiro atoms. The van der Waals surface area contributed by atoms with Gasteiger partial charge in [-0.05, 0) is 18.6 Å². The van der Waals surface area contributed by atoms with Crippen molar-refractivity contribution in [3.8, 4) is 11.4 Å². The molecular weight excluding hydrogens is 316 g/mol. The molecule has 7 nitrogen and oxygen atoms in total. The Balaban J connectivity index is 1.56. The lowest BCUT2D eigenvalue weighted by molar-refractivity contribution is -0.129. The first-order chi connectivity index (χ1) is 12.2. The number of benzene rings is 1. The molecule has 0 bridgehead atoms. The summed E-state index contributed by atoms with van der Waals surface area (Å²) in [7, 11) is 0. The van der Waals surface area contributed by atoms with Gasteiger partial charge in [0.1, 0.15) is 5.82 Å². The summed E-state index contributed by atoms with van der Waals surface area (Å²) < 4.78 is 1.75. The Morgan fingerprint density at radius 3 is 2.84 bits per heavy atom. The Bertz CT molecular complexity index is 891. The van der Waals surface area contributed by atoms with Gasteiger partial charge in [0, 0.05) is 31.1 Å². The van der Waals surface area contributed by atoms with E-state index >= 15 is 0 Å². The quantitative estimate of drug-likeness (QED) is 0.790. The maximum Gasteiger partial charge on any atom is 0.222 e. The van der Waals surface area contributed by atoms with Gasteiger partial charge in [0.15, 0.2) is 11.5 Å². The highest BCUT2D eigenvalue weighted by atomic mass is 16.2. The summed E-state index contributed by atoms with van der Waals surface area (Å²) >= 11 is 0. The van der Waals surface area contributed by atoms with Crippen molar-refractivity contribution in [3.63, 3.8) is 0 Å². The van der Waals surface area contributed by atoms with Crippen molar-refractivity contribution in [2.24, 2.45) is 0 Å². The molecule has 0 saturated carbocycles. The number of carbonyl (C=O) groups is 1. The molecule has 3 heterocycles. The van der Waals surface area contributed by atoms with E-state index in [1.54, 1.807) is 4.52 Å². The number of anilines is 1. The van der Waals surface area contributed by atoms with Crippen LogP contribution in [0.2, 0.25) is 0 Å². The van der Waals surface area contributed by atoms with Gasteiger partial charge in [0.05, 0.1) is 0 Å². The average molecular weight is 336 g/mol. The van der Waals surface area contributed by atoms with Crippen LogP contribution in [0.5, 0.6) is 0 Å². The van der Waals surface area contributed by atoms with Crippen LogP contribution in [0.4, 0.5) is 5.82 Å². The van der Waals surface area contributed by atoms with E-state index in [2.05, 4.69) is 20.6 Å². The molecule has 2 aromatic heterocycles. The summed E-state index contributed by atoms with van der Waals surface area (Å²) in [5.74, 6) is 1.69. The standard InChI is InChI=1S/C18H20N6O/c1-2-17(25)23-11-10-14(12-23)19-15-8-9-16-20-21-18(24(16)22-15)13-6-4-3-5-7-13/h3-9,14H,2,10-12H2,1H3,(H,19,22). The van der Waals surface area contributed by atoms with Crippen LogP contribution in [0.25, 0.3) is 17.0 Å². The van der Waals surface area contributed by atoms with Crippen molar-refractivity contribution in [1.29, 1.82) is 0 Å². The van der Waals surface area contributed by atoms with Gasteiger partial charge in [0.2, 0.25) is 5.91 Å². The molecule has 4 rings (SSSR count).